The summed E-state index contributed by atoms with van der Waals surface area (Å²) in [5, 5.41) is 0. The Bertz CT molecular complexity index is 336. The topological polar surface area (TPSA) is 29.3 Å². The average Bonchev–Trinajstić information content (AvgIpc) is 2.16. The Kier molecular flexibility index (Phi) is 4.18. The second-order valence-corrected chi connectivity index (χ2v) is 3.64. The van der Waals surface area contributed by atoms with E-state index in [1.807, 2.05) is 0 Å². The number of hydrogen-bond acceptors (Lipinski definition) is 2. The fourth-order valence-corrected chi connectivity index (χ4v) is 1.60. The van der Waals surface area contributed by atoms with Crippen molar-refractivity contribution in [2.75, 3.05) is 25.0 Å². The molecule has 0 atom stereocenters. The van der Waals surface area contributed by atoms with Crippen LogP contribution in [0.1, 0.15) is 5.56 Å². The van der Waals surface area contributed by atoms with Crippen molar-refractivity contribution in [3.63, 3.8) is 0 Å². The van der Waals surface area contributed by atoms with Crippen LogP contribution in [0, 0.1) is 0 Å². The minimum absolute atomic E-state index is 0.427. The Morgan fingerprint density at radius 1 is 1.25 bits per heavy atom. The Hall–Kier alpha value is -1.23. The highest BCUT2D eigenvalue weighted by Gasteiger charge is 2.29. The number of para-hydroxylation sites is 1. The first kappa shape index (κ1) is 12.8. The van der Waals surface area contributed by atoms with Crippen molar-refractivity contribution in [3.05, 3.63) is 29.8 Å². The zero-order chi connectivity index (χ0) is 12.2. The molecule has 0 unspecified atom stereocenters. The van der Waals surface area contributed by atoms with E-state index < -0.39 is 12.7 Å². The third-order valence-electron chi connectivity index (χ3n) is 2.23. The normalized spacial score (nSPS) is 11.6. The molecule has 0 radical (unpaired) electrons. The monoisotopic (exact) mass is 232 g/mol. The van der Waals surface area contributed by atoms with Gasteiger partial charge in [0.05, 0.1) is 0 Å². The summed E-state index contributed by atoms with van der Waals surface area (Å²) in [6.07, 6.45) is -3.61. The van der Waals surface area contributed by atoms with Crippen LogP contribution in [0.5, 0.6) is 0 Å². The average molecular weight is 232 g/mol. The molecule has 16 heavy (non-hydrogen) atoms. The quantitative estimate of drug-likeness (QED) is 0.862. The summed E-state index contributed by atoms with van der Waals surface area (Å²) in [5.74, 6) is 0. The maximum atomic E-state index is 12.2. The highest BCUT2D eigenvalue weighted by molar-refractivity contribution is 5.53. The lowest BCUT2D eigenvalue weighted by atomic mass is 10.1. The molecule has 0 saturated heterocycles. The molecule has 1 aromatic carbocycles. The van der Waals surface area contributed by atoms with Gasteiger partial charge in [-0.15, -0.1) is 0 Å². The van der Waals surface area contributed by atoms with Crippen molar-refractivity contribution in [3.8, 4) is 0 Å². The van der Waals surface area contributed by atoms with Crippen LogP contribution in [0.25, 0.3) is 0 Å². The third-order valence-corrected chi connectivity index (χ3v) is 2.23. The highest BCUT2D eigenvalue weighted by atomic mass is 19.4. The van der Waals surface area contributed by atoms with Gasteiger partial charge in [-0.1, -0.05) is 18.2 Å². The van der Waals surface area contributed by atoms with Gasteiger partial charge in [-0.05, 0) is 24.6 Å². The molecule has 0 bridgehead atoms. The molecule has 0 saturated carbocycles. The van der Waals surface area contributed by atoms with Crippen molar-refractivity contribution in [2.24, 2.45) is 5.73 Å². The molecule has 1 aromatic rings. The predicted molar refractivity (Wildman–Crippen MR) is 58.5 cm³/mol. The molecular weight excluding hydrogens is 217 g/mol. The van der Waals surface area contributed by atoms with Crippen molar-refractivity contribution in [2.45, 2.75) is 12.6 Å². The Morgan fingerprint density at radius 2 is 1.88 bits per heavy atom. The fourth-order valence-electron chi connectivity index (χ4n) is 1.60. The summed E-state index contributed by atoms with van der Waals surface area (Å²) in [7, 11) is 1.43. The number of hydrogen-bond donors (Lipinski definition) is 1. The summed E-state index contributed by atoms with van der Waals surface area (Å²) in [4.78, 5) is 1.20. The van der Waals surface area contributed by atoms with Gasteiger partial charge in [0.25, 0.3) is 0 Å². The van der Waals surface area contributed by atoms with Crippen LogP contribution in [0.15, 0.2) is 24.3 Å². The number of rotatable bonds is 4. The van der Waals surface area contributed by atoms with Crippen LogP contribution in [-0.4, -0.2) is 26.3 Å². The molecule has 2 N–H and O–H groups in total. The van der Waals surface area contributed by atoms with Crippen LogP contribution >= 0.6 is 0 Å². The molecule has 0 heterocycles. The summed E-state index contributed by atoms with van der Waals surface area (Å²) < 4.78 is 36.7. The van der Waals surface area contributed by atoms with Crippen LogP contribution in [0.4, 0.5) is 18.9 Å². The van der Waals surface area contributed by atoms with Crippen molar-refractivity contribution < 1.29 is 13.2 Å². The first-order chi connectivity index (χ1) is 7.44. The minimum Gasteiger partial charge on any atom is -0.365 e. The summed E-state index contributed by atoms with van der Waals surface area (Å²) in [6, 6.07) is 7.00. The molecule has 1 rings (SSSR count). The molecule has 0 aliphatic carbocycles. The standard InChI is InChI=1S/C11H15F3N2/c1-16(8-11(12,13)14)10-5-3-2-4-9(10)6-7-15/h2-5H,6-8,15H2,1H3. The second kappa shape index (κ2) is 5.21. The van der Waals surface area contributed by atoms with Crippen LogP contribution in [0.2, 0.25) is 0 Å². The van der Waals surface area contributed by atoms with Gasteiger partial charge >= 0.3 is 6.18 Å². The van der Waals surface area contributed by atoms with Gasteiger partial charge in [0.2, 0.25) is 0 Å². The Balaban J connectivity index is 2.85. The molecular formula is C11H15F3N2. The lowest BCUT2D eigenvalue weighted by Gasteiger charge is -2.23. The summed E-state index contributed by atoms with van der Waals surface area (Å²) in [5.41, 5.74) is 6.85. The third kappa shape index (κ3) is 3.73. The van der Waals surface area contributed by atoms with E-state index in [1.165, 1.54) is 11.9 Å². The molecule has 0 aromatic heterocycles. The molecule has 0 aliphatic rings. The lowest BCUT2D eigenvalue weighted by molar-refractivity contribution is -0.119. The van der Waals surface area contributed by atoms with Gasteiger partial charge in [0, 0.05) is 12.7 Å². The number of nitrogens with zero attached hydrogens (tertiary/aromatic N) is 1. The van der Waals surface area contributed by atoms with Crippen LogP contribution in [-0.2, 0) is 6.42 Å². The van der Waals surface area contributed by atoms with E-state index >= 15 is 0 Å². The summed E-state index contributed by atoms with van der Waals surface area (Å²) in [6.45, 7) is -0.522. The van der Waals surface area contributed by atoms with Crippen LogP contribution < -0.4 is 10.6 Å². The number of benzene rings is 1. The van der Waals surface area contributed by atoms with Gasteiger partial charge in [-0.25, -0.2) is 0 Å². The first-order valence-electron chi connectivity index (χ1n) is 5.00. The zero-order valence-corrected chi connectivity index (χ0v) is 9.09. The molecule has 2 nitrogen and oxygen atoms in total. The fraction of sp³-hybridized carbons (Fsp3) is 0.455. The van der Waals surface area contributed by atoms with E-state index in [-0.39, 0.29) is 0 Å². The SMILES string of the molecule is CN(CC(F)(F)F)c1ccccc1CCN. The van der Waals surface area contributed by atoms with Gasteiger partial charge < -0.3 is 10.6 Å². The Labute approximate surface area is 92.9 Å². The van der Waals surface area contributed by atoms with E-state index in [4.69, 9.17) is 5.73 Å². The van der Waals surface area contributed by atoms with E-state index in [0.29, 0.717) is 18.7 Å². The number of anilines is 1. The van der Waals surface area contributed by atoms with Gasteiger partial charge in [0.15, 0.2) is 0 Å². The summed E-state index contributed by atoms with van der Waals surface area (Å²) >= 11 is 0. The van der Waals surface area contributed by atoms with Crippen molar-refractivity contribution in [1.82, 2.24) is 0 Å². The molecule has 90 valence electrons. The molecule has 0 aliphatic heterocycles. The highest BCUT2D eigenvalue weighted by Crippen LogP contribution is 2.24. The molecule has 0 amide bonds. The van der Waals surface area contributed by atoms with Gasteiger partial charge in [-0.3, -0.25) is 0 Å². The lowest BCUT2D eigenvalue weighted by Crippen LogP contribution is -2.31. The number of halogens is 3. The number of alkyl halides is 3. The van der Waals surface area contributed by atoms with E-state index in [9.17, 15) is 13.2 Å². The van der Waals surface area contributed by atoms with E-state index in [0.717, 1.165) is 5.56 Å². The molecule has 5 heteroatoms. The van der Waals surface area contributed by atoms with Crippen molar-refractivity contribution in [1.29, 1.82) is 0 Å². The molecule has 0 fully saturated rings. The van der Waals surface area contributed by atoms with Gasteiger partial charge in [-0.2, -0.15) is 13.2 Å². The van der Waals surface area contributed by atoms with Gasteiger partial charge in [0.1, 0.15) is 6.54 Å². The predicted octanol–water partition coefficient (Wildman–Crippen LogP) is 2.19. The maximum Gasteiger partial charge on any atom is 0.405 e. The van der Waals surface area contributed by atoms with Crippen molar-refractivity contribution >= 4 is 5.69 Å². The molecule has 0 spiro atoms. The van der Waals surface area contributed by atoms with Crippen LogP contribution in [0.3, 0.4) is 0 Å². The maximum absolute atomic E-state index is 12.2. The smallest absolute Gasteiger partial charge is 0.365 e. The van der Waals surface area contributed by atoms with E-state index in [2.05, 4.69) is 0 Å². The largest absolute Gasteiger partial charge is 0.405 e. The number of nitrogens with two attached hydrogens (primary N) is 1. The minimum atomic E-state index is -4.19. The Morgan fingerprint density at radius 3 is 2.44 bits per heavy atom. The van der Waals surface area contributed by atoms with E-state index in [1.54, 1.807) is 24.3 Å². The second-order valence-electron chi connectivity index (χ2n) is 3.64. The zero-order valence-electron chi connectivity index (χ0n) is 9.09. The first-order valence-corrected chi connectivity index (χ1v) is 5.00.